The quantitative estimate of drug-likeness (QED) is 0.222. The van der Waals surface area contributed by atoms with Gasteiger partial charge in [0, 0.05) is 24.7 Å². The number of hydrogen-bond acceptors (Lipinski definition) is 4. The number of ether oxygens (including phenoxy) is 2. The molecule has 3 atom stereocenters. The second-order valence-corrected chi connectivity index (χ2v) is 10.0. The SMILES string of the molecule is C=C(C)C(=O)OCC(CO)CC1CCC(CCC2CCC(CCCCC)CC2)CO1. The van der Waals surface area contributed by atoms with Gasteiger partial charge in [0.15, 0.2) is 0 Å². The lowest BCUT2D eigenvalue weighted by molar-refractivity contribution is -0.141. The molecule has 0 amide bonds. The lowest BCUT2D eigenvalue weighted by atomic mass is 9.77. The second kappa shape index (κ2) is 14.2. The van der Waals surface area contributed by atoms with Crippen LogP contribution in [0.1, 0.15) is 97.3 Å². The zero-order chi connectivity index (χ0) is 21.8. The van der Waals surface area contributed by atoms with Gasteiger partial charge in [0.2, 0.25) is 0 Å². The van der Waals surface area contributed by atoms with E-state index in [-0.39, 0.29) is 31.2 Å². The molecule has 0 spiro atoms. The number of carbonyl (C=O) groups is 1. The molecule has 0 aromatic heterocycles. The number of rotatable bonds is 13. The summed E-state index contributed by atoms with van der Waals surface area (Å²) in [5, 5.41) is 9.60. The molecule has 30 heavy (non-hydrogen) atoms. The summed E-state index contributed by atoms with van der Waals surface area (Å²) in [6.07, 6.45) is 17.3. The molecule has 1 aliphatic carbocycles. The predicted molar refractivity (Wildman–Crippen MR) is 122 cm³/mol. The van der Waals surface area contributed by atoms with Crippen molar-refractivity contribution in [2.24, 2.45) is 23.7 Å². The fourth-order valence-corrected chi connectivity index (χ4v) is 5.12. The Balaban J connectivity index is 1.56. The van der Waals surface area contributed by atoms with Crippen LogP contribution in [0.4, 0.5) is 0 Å². The van der Waals surface area contributed by atoms with Crippen LogP contribution < -0.4 is 0 Å². The molecule has 1 saturated heterocycles. The minimum absolute atomic E-state index is 0.0217. The molecule has 0 aromatic carbocycles. The van der Waals surface area contributed by atoms with Crippen LogP contribution in [0.5, 0.6) is 0 Å². The van der Waals surface area contributed by atoms with Crippen LogP contribution >= 0.6 is 0 Å². The van der Waals surface area contributed by atoms with Crippen LogP contribution in [0.25, 0.3) is 0 Å². The first kappa shape index (κ1) is 25.4. The van der Waals surface area contributed by atoms with Crippen molar-refractivity contribution in [3.8, 4) is 0 Å². The van der Waals surface area contributed by atoms with Crippen LogP contribution in [0.3, 0.4) is 0 Å². The number of aliphatic hydroxyl groups is 1. The molecule has 1 N–H and O–H groups in total. The Hall–Kier alpha value is -0.870. The third-order valence-electron chi connectivity index (χ3n) is 7.28. The zero-order valence-corrected chi connectivity index (χ0v) is 19.6. The van der Waals surface area contributed by atoms with Gasteiger partial charge in [-0.25, -0.2) is 4.79 Å². The van der Waals surface area contributed by atoms with Crippen molar-refractivity contribution in [2.75, 3.05) is 19.8 Å². The van der Waals surface area contributed by atoms with Gasteiger partial charge in [0.1, 0.15) is 0 Å². The van der Waals surface area contributed by atoms with E-state index in [1.54, 1.807) is 6.92 Å². The van der Waals surface area contributed by atoms with E-state index < -0.39 is 0 Å². The molecule has 1 saturated carbocycles. The summed E-state index contributed by atoms with van der Waals surface area (Å²) < 4.78 is 11.3. The van der Waals surface area contributed by atoms with Gasteiger partial charge in [-0.1, -0.05) is 71.3 Å². The Bertz CT molecular complexity index is 487. The minimum Gasteiger partial charge on any atom is -0.462 e. The highest BCUT2D eigenvalue weighted by atomic mass is 16.5. The molecule has 3 unspecified atom stereocenters. The van der Waals surface area contributed by atoms with Crippen molar-refractivity contribution < 1.29 is 19.4 Å². The molecule has 0 aromatic rings. The van der Waals surface area contributed by atoms with E-state index in [4.69, 9.17) is 9.47 Å². The third kappa shape index (κ3) is 9.51. The van der Waals surface area contributed by atoms with Crippen molar-refractivity contribution in [3.05, 3.63) is 12.2 Å². The number of esters is 1. The van der Waals surface area contributed by atoms with E-state index in [9.17, 15) is 9.90 Å². The second-order valence-electron chi connectivity index (χ2n) is 10.0. The highest BCUT2D eigenvalue weighted by molar-refractivity contribution is 5.86. The van der Waals surface area contributed by atoms with Gasteiger partial charge in [0.25, 0.3) is 0 Å². The van der Waals surface area contributed by atoms with Gasteiger partial charge < -0.3 is 14.6 Å². The van der Waals surface area contributed by atoms with Crippen molar-refractivity contribution in [1.29, 1.82) is 0 Å². The summed E-state index contributed by atoms with van der Waals surface area (Å²) in [5.74, 6) is 2.19. The summed E-state index contributed by atoms with van der Waals surface area (Å²) in [5.41, 5.74) is 0.397. The molecule has 174 valence electrons. The van der Waals surface area contributed by atoms with Gasteiger partial charge in [-0.3, -0.25) is 0 Å². The maximum absolute atomic E-state index is 11.5. The fraction of sp³-hybridized carbons (Fsp3) is 0.885. The molecular formula is C26H46O4. The Labute approximate surface area is 184 Å². The summed E-state index contributed by atoms with van der Waals surface area (Å²) in [6, 6.07) is 0. The summed E-state index contributed by atoms with van der Waals surface area (Å²) in [6.45, 7) is 8.63. The molecule has 0 bridgehead atoms. The summed E-state index contributed by atoms with van der Waals surface area (Å²) >= 11 is 0. The van der Waals surface area contributed by atoms with Crippen LogP contribution in [-0.4, -0.2) is 37.0 Å². The van der Waals surface area contributed by atoms with Crippen molar-refractivity contribution in [1.82, 2.24) is 0 Å². The van der Waals surface area contributed by atoms with E-state index >= 15 is 0 Å². The molecule has 1 aliphatic heterocycles. The first-order chi connectivity index (χ1) is 14.5. The van der Waals surface area contributed by atoms with E-state index in [1.807, 2.05) is 0 Å². The Morgan fingerprint density at radius 3 is 2.23 bits per heavy atom. The molecule has 0 radical (unpaired) electrons. The maximum atomic E-state index is 11.5. The average molecular weight is 423 g/mol. The van der Waals surface area contributed by atoms with E-state index in [2.05, 4.69) is 13.5 Å². The molecule has 1 heterocycles. The third-order valence-corrected chi connectivity index (χ3v) is 7.28. The Morgan fingerprint density at radius 2 is 1.67 bits per heavy atom. The van der Waals surface area contributed by atoms with Crippen LogP contribution in [-0.2, 0) is 14.3 Å². The standard InChI is InChI=1S/C26H46O4/c1-4-5-6-7-21-8-10-22(11-9-21)12-13-23-14-15-25(29-18-23)16-24(17-27)19-30-26(28)20(2)3/h21-25,27H,2,4-19H2,1,3H3. The van der Waals surface area contributed by atoms with Crippen molar-refractivity contribution >= 4 is 5.97 Å². The number of hydrogen-bond donors (Lipinski definition) is 1. The minimum atomic E-state index is -0.381. The monoisotopic (exact) mass is 422 g/mol. The molecule has 2 rings (SSSR count). The maximum Gasteiger partial charge on any atom is 0.333 e. The first-order valence-electron chi connectivity index (χ1n) is 12.6. The van der Waals surface area contributed by atoms with Gasteiger partial charge >= 0.3 is 5.97 Å². The normalized spacial score (nSPS) is 28.1. The van der Waals surface area contributed by atoms with Gasteiger partial charge in [0.05, 0.1) is 12.7 Å². The molecule has 2 fully saturated rings. The van der Waals surface area contributed by atoms with Gasteiger partial charge in [-0.15, -0.1) is 0 Å². The highest BCUT2D eigenvalue weighted by Crippen LogP contribution is 2.36. The summed E-state index contributed by atoms with van der Waals surface area (Å²) in [4.78, 5) is 11.5. The van der Waals surface area contributed by atoms with Crippen LogP contribution in [0.2, 0.25) is 0 Å². The topological polar surface area (TPSA) is 55.8 Å². The fourth-order valence-electron chi connectivity index (χ4n) is 5.12. The highest BCUT2D eigenvalue weighted by Gasteiger charge is 2.27. The number of carbonyl (C=O) groups excluding carboxylic acids is 1. The Morgan fingerprint density at radius 1 is 1.03 bits per heavy atom. The van der Waals surface area contributed by atoms with Crippen LogP contribution in [0.15, 0.2) is 12.2 Å². The van der Waals surface area contributed by atoms with E-state index in [1.165, 1.54) is 70.6 Å². The number of aliphatic hydroxyl groups excluding tert-OH is 1. The van der Waals surface area contributed by atoms with Crippen LogP contribution in [0, 0.1) is 23.7 Å². The van der Waals surface area contributed by atoms with Gasteiger partial charge in [-0.2, -0.15) is 0 Å². The first-order valence-corrected chi connectivity index (χ1v) is 12.6. The van der Waals surface area contributed by atoms with Gasteiger partial charge in [-0.05, 0) is 50.4 Å². The molecular weight excluding hydrogens is 376 g/mol. The Kier molecular flexibility index (Phi) is 12.1. The number of unbranched alkanes of at least 4 members (excludes halogenated alkanes) is 2. The molecule has 4 nitrogen and oxygen atoms in total. The van der Waals surface area contributed by atoms with Crippen molar-refractivity contribution in [3.63, 3.8) is 0 Å². The largest absolute Gasteiger partial charge is 0.462 e. The van der Waals surface area contributed by atoms with Crippen molar-refractivity contribution in [2.45, 2.75) is 103 Å². The predicted octanol–water partition coefficient (Wildman–Crippen LogP) is 6.07. The summed E-state index contributed by atoms with van der Waals surface area (Å²) in [7, 11) is 0. The average Bonchev–Trinajstić information content (AvgIpc) is 2.76. The molecule has 2 aliphatic rings. The lowest BCUT2D eigenvalue weighted by Crippen LogP contribution is -2.30. The van der Waals surface area contributed by atoms with E-state index in [0.29, 0.717) is 11.5 Å². The van der Waals surface area contributed by atoms with E-state index in [0.717, 1.165) is 31.3 Å². The zero-order valence-electron chi connectivity index (χ0n) is 19.6. The smallest absolute Gasteiger partial charge is 0.333 e. The molecule has 4 heteroatoms. The lowest BCUT2D eigenvalue weighted by Gasteiger charge is -2.33.